The largest absolute Gasteiger partial charge is 0.495 e. The number of methoxy groups -OCH3 is 1. The molecule has 4 rings (SSSR count). The second-order valence-electron chi connectivity index (χ2n) is 6.27. The smallest absolute Gasteiger partial charge is 0.251 e. The highest BCUT2D eigenvalue weighted by Crippen LogP contribution is 2.43. The van der Waals surface area contributed by atoms with Crippen LogP contribution in [0.2, 0.25) is 5.02 Å². The zero-order valence-electron chi connectivity index (χ0n) is 13.8. The molecule has 0 spiro atoms. The SMILES string of the molecule is COc1ccc(C(=O)NCc2c(C3CC3)ccc3[nH]ncc23)cc1Cl. The number of carbonyl (C=O) groups is 1. The molecule has 2 aromatic carbocycles. The summed E-state index contributed by atoms with van der Waals surface area (Å²) in [6.45, 7) is 0.463. The van der Waals surface area contributed by atoms with Gasteiger partial charge in [0.1, 0.15) is 5.75 Å². The number of fused-ring (bicyclic) bond motifs is 1. The molecule has 3 aromatic rings. The molecule has 0 radical (unpaired) electrons. The Balaban J connectivity index is 1.57. The lowest BCUT2D eigenvalue weighted by molar-refractivity contribution is 0.0951. The van der Waals surface area contributed by atoms with Crippen LogP contribution in [0, 0.1) is 0 Å². The Bertz CT molecular complexity index is 947. The van der Waals surface area contributed by atoms with Gasteiger partial charge in [0.15, 0.2) is 0 Å². The van der Waals surface area contributed by atoms with E-state index in [1.807, 2.05) is 6.20 Å². The molecule has 25 heavy (non-hydrogen) atoms. The van der Waals surface area contributed by atoms with Gasteiger partial charge >= 0.3 is 0 Å². The third-order valence-electron chi connectivity index (χ3n) is 4.63. The van der Waals surface area contributed by atoms with Crippen molar-refractivity contribution in [2.24, 2.45) is 0 Å². The lowest BCUT2D eigenvalue weighted by atomic mass is 9.99. The molecule has 1 aliphatic rings. The van der Waals surface area contributed by atoms with Gasteiger partial charge in [-0.25, -0.2) is 0 Å². The number of hydrogen-bond acceptors (Lipinski definition) is 3. The Morgan fingerprint density at radius 2 is 2.20 bits per heavy atom. The van der Waals surface area contributed by atoms with Crippen molar-refractivity contribution >= 4 is 28.4 Å². The zero-order chi connectivity index (χ0) is 17.4. The highest BCUT2D eigenvalue weighted by molar-refractivity contribution is 6.32. The molecule has 5 nitrogen and oxygen atoms in total. The molecule has 0 bridgehead atoms. The van der Waals surface area contributed by atoms with Gasteiger partial charge in [0, 0.05) is 17.5 Å². The minimum absolute atomic E-state index is 0.160. The molecular formula is C19H18ClN3O2. The lowest BCUT2D eigenvalue weighted by Crippen LogP contribution is -2.23. The molecule has 1 fully saturated rings. The van der Waals surface area contributed by atoms with Crippen LogP contribution in [0.25, 0.3) is 10.9 Å². The van der Waals surface area contributed by atoms with E-state index in [-0.39, 0.29) is 5.91 Å². The number of ether oxygens (including phenoxy) is 1. The number of rotatable bonds is 5. The van der Waals surface area contributed by atoms with Crippen molar-refractivity contribution in [2.75, 3.05) is 7.11 Å². The van der Waals surface area contributed by atoms with Crippen LogP contribution in [-0.2, 0) is 6.54 Å². The predicted molar refractivity (Wildman–Crippen MR) is 97.2 cm³/mol. The molecule has 1 saturated carbocycles. The number of nitrogens with zero attached hydrogens (tertiary/aromatic N) is 1. The second-order valence-corrected chi connectivity index (χ2v) is 6.68. The van der Waals surface area contributed by atoms with Gasteiger partial charge in [-0.1, -0.05) is 17.7 Å². The predicted octanol–water partition coefficient (Wildman–Crippen LogP) is 4.03. The first-order chi connectivity index (χ1) is 12.2. The fraction of sp³-hybridized carbons (Fsp3) is 0.263. The van der Waals surface area contributed by atoms with Gasteiger partial charge in [0.25, 0.3) is 5.91 Å². The third kappa shape index (κ3) is 3.07. The van der Waals surface area contributed by atoms with Crippen LogP contribution in [0.5, 0.6) is 5.75 Å². The number of hydrogen-bond donors (Lipinski definition) is 2. The van der Waals surface area contributed by atoms with E-state index >= 15 is 0 Å². The number of aromatic nitrogens is 2. The fourth-order valence-corrected chi connectivity index (χ4v) is 3.40. The Labute approximate surface area is 150 Å². The molecule has 1 aliphatic carbocycles. The van der Waals surface area contributed by atoms with Crippen LogP contribution in [0.3, 0.4) is 0 Å². The molecule has 0 saturated heterocycles. The number of nitrogens with one attached hydrogen (secondary N) is 2. The maximum absolute atomic E-state index is 12.5. The van der Waals surface area contributed by atoms with E-state index in [1.165, 1.54) is 18.4 Å². The number of benzene rings is 2. The first-order valence-corrected chi connectivity index (χ1v) is 8.61. The van der Waals surface area contributed by atoms with Gasteiger partial charge < -0.3 is 10.1 Å². The number of carbonyl (C=O) groups excluding carboxylic acids is 1. The fourth-order valence-electron chi connectivity index (χ4n) is 3.15. The highest BCUT2D eigenvalue weighted by atomic mass is 35.5. The molecule has 0 unspecified atom stereocenters. The standard InChI is InChI=1S/C19H18ClN3O2/c1-25-18-7-4-12(8-16(18)20)19(24)21-9-14-13(11-2-3-11)5-6-17-15(14)10-22-23-17/h4-8,10-11H,2-3,9H2,1H3,(H,21,24)(H,22,23). The highest BCUT2D eigenvalue weighted by Gasteiger charge is 2.27. The van der Waals surface area contributed by atoms with Crippen LogP contribution >= 0.6 is 11.6 Å². The van der Waals surface area contributed by atoms with Crippen LogP contribution < -0.4 is 10.1 Å². The topological polar surface area (TPSA) is 67.0 Å². The van der Waals surface area contributed by atoms with Gasteiger partial charge in [-0.15, -0.1) is 0 Å². The Kier molecular flexibility index (Phi) is 4.09. The summed E-state index contributed by atoms with van der Waals surface area (Å²) in [5.41, 5.74) is 3.95. The molecular weight excluding hydrogens is 338 g/mol. The summed E-state index contributed by atoms with van der Waals surface area (Å²) in [5.74, 6) is 0.992. The quantitative estimate of drug-likeness (QED) is 0.726. The second kappa shape index (κ2) is 6.41. The molecule has 0 aliphatic heterocycles. The normalized spacial score (nSPS) is 13.8. The van der Waals surface area contributed by atoms with Crippen molar-refractivity contribution in [3.05, 3.63) is 58.2 Å². The molecule has 6 heteroatoms. The maximum Gasteiger partial charge on any atom is 0.251 e. The Hall–Kier alpha value is -2.53. The van der Waals surface area contributed by atoms with Crippen molar-refractivity contribution in [3.8, 4) is 5.75 Å². The summed E-state index contributed by atoms with van der Waals surface area (Å²) in [4.78, 5) is 12.5. The van der Waals surface area contributed by atoms with Gasteiger partial charge in [-0.2, -0.15) is 5.10 Å². The van der Waals surface area contributed by atoms with Gasteiger partial charge in [0.2, 0.25) is 0 Å². The van der Waals surface area contributed by atoms with Crippen molar-refractivity contribution in [1.29, 1.82) is 0 Å². The molecule has 1 aromatic heterocycles. The summed E-state index contributed by atoms with van der Waals surface area (Å²) < 4.78 is 5.12. The molecule has 2 N–H and O–H groups in total. The maximum atomic E-state index is 12.5. The van der Waals surface area contributed by atoms with E-state index < -0.39 is 0 Å². The summed E-state index contributed by atoms with van der Waals surface area (Å²) in [7, 11) is 1.55. The van der Waals surface area contributed by atoms with Crippen molar-refractivity contribution in [1.82, 2.24) is 15.5 Å². The van der Waals surface area contributed by atoms with E-state index in [0.29, 0.717) is 28.8 Å². The van der Waals surface area contributed by atoms with Crippen molar-refractivity contribution < 1.29 is 9.53 Å². The average molecular weight is 356 g/mol. The van der Waals surface area contributed by atoms with E-state index in [0.717, 1.165) is 16.5 Å². The monoisotopic (exact) mass is 355 g/mol. The number of H-pyrrole nitrogens is 1. The molecule has 1 heterocycles. The van der Waals surface area contributed by atoms with Gasteiger partial charge in [0.05, 0.1) is 23.8 Å². The van der Waals surface area contributed by atoms with E-state index in [9.17, 15) is 4.79 Å². The van der Waals surface area contributed by atoms with Crippen molar-refractivity contribution in [2.45, 2.75) is 25.3 Å². The average Bonchev–Trinajstić information content (AvgIpc) is 3.35. The molecule has 1 amide bonds. The van der Waals surface area contributed by atoms with Gasteiger partial charge in [-0.05, 0) is 54.2 Å². The minimum Gasteiger partial charge on any atom is -0.495 e. The first-order valence-electron chi connectivity index (χ1n) is 8.24. The van der Waals surface area contributed by atoms with E-state index in [2.05, 4.69) is 27.6 Å². The van der Waals surface area contributed by atoms with Crippen LogP contribution in [-0.4, -0.2) is 23.2 Å². The van der Waals surface area contributed by atoms with Crippen LogP contribution in [0.15, 0.2) is 36.5 Å². The molecule has 0 atom stereocenters. The number of amides is 1. The van der Waals surface area contributed by atoms with Crippen LogP contribution in [0.1, 0.15) is 40.2 Å². The molecule has 128 valence electrons. The van der Waals surface area contributed by atoms with Crippen molar-refractivity contribution in [3.63, 3.8) is 0 Å². The summed E-state index contributed by atoms with van der Waals surface area (Å²) in [6, 6.07) is 9.23. The van der Waals surface area contributed by atoms with E-state index in [4.69, 9.17) is 16.3 Å². The Morgan fingerprint density at radius 3 is 2.92 bits per heavy atom. The van der Waals surface area contributed by atoms with Gasteiger partial charge in [-0.3, -0.25) is 9.89 Å². The summed E-state index contributed by atoms with van der Waals surface area (Å²) in [6.07, 6.45) is 4.24. The first kappa shape index (κ1) is 16.0. The number of halogens is 1. The lowest BCUT2D eigenvalue weighted by Gasteiger charge is -2.12. The minimum atomic E-state index is -0.160. The third-order valence-corrected chi connectivity index (χ3v) is 4.92. The Morgan fingerprint density at radius 1 is 1.36 bits per heavy atom. The van der Waals surface area contributed by atoms with E-state index in [1.54, 1.807) is 25.3 Å². The number of aromatic amines is 1. The summed E-state index contributed by atoms with van der Waals surface area (Å²) in [5, 5.41) is 11.6. The zero-order valence-corrected chi connectivity index (χ0v) is 14.6. The van der Waals surface area contributed by atoms with Crippen LogP contribution in [0.4, 0.5) is 0 Å². The summed E-state index contributed by atoms with van der Waals surface area (Å²) >= 11 is 6.11.